The predicted molar refractivity (Wildman–Crippen MR) is 98.3 cm³/mol. The lowest BCUT2D eigenvalue weighted by Gasteiger charge is -2.19. The number of unbranched alkanes of at least 4 members (excludes halogenated alkanes) is 1. The summed E-state index contributed by atoms with van der Waals surface area (Å²) in [5.41, 5.74) is 5.86. The standard InChI is InChI=1S/C19H27NO.O3S/c1-6-8-10-14-11-12-15(16(21)9-7-2)17-18(14)20-13(3)19(17,4)5;1-4(2)3/h11-12H,6-10H2,1-5H3;/p+1. The average molecular weight is 367 g/mol. The quantitative estimate of drug-likeness (QED) is 0.784. The van der Waals surface area contributed by atoms with E-state index < -0.39 is 10.6 Å². The Morgan fingerprint density at radius 1 is 1.12 bits per heavy atom. The number of benzene rings is 1. The third kappa shape index (κ3) is 5.08. The third-order valence-electron chi connectivity index (χ3n) is 4.74. The van der Waals surface area contributed by atoms with Crippen LogP contribution in [0.3, 0.4) is 0 Å². The van der Waals surface area contributed by atoms with Crippen molar-refractivity contribution >= 4 is 27.8 Å². The van der Waals surface area contributed by atoms with Crippen molar-refractivity contribution in [3.8, 4) is 0 Å². The maximum atomic E-state index is 12.5. The zero-order chi connectivity index (χ0) is 19.2. The molecule has 6 heteroatoms. The van der Waals surface area contributed by atoms with Gasteiger partial charge in [-0.05, 0) is 33.1 Å². The molecule has 0 unspecified atom stereocenters. The highest BCUT2D eigenvalue weighted by molar-refractivity contribution is 7.59. The molecule has 0 aliphatic carbocycles. The molecule has 0 saturated carbocycles. The van der Waals surface area contributed by atoms with Gasteiger partial charge < -0.3 is 0 Å². The molecule has 0 bridgehead atoms. The minimum absolute atomic E-state index is 0.0731. The Morgan fingerprint density at radius 3 is 2.24 bits per heavy atom. The minimum Gasteiger partial charge on any atom is -0.294 e. The highest BCUT2D eigenvalue weighted by atomic mass is 32.2. The summed E-state index contributed by atoms with van der Waals surface area (Å²) in [6.45, 7) is 10.8. The monoisotopic (exact) mass is 366 g/mol. The van der Waals surface area contributed by atoms with Gasteiger partial charge in [0.05, 0.1) is 11.0 Å². The van der Waals surface area contributed by atoms with Crippen LogP contribution >= 0.6 is 0 Å². The predicted octanol–water partition coefficient (Wildman–Crippen LogP) is 2.47. The van der Waals surface area contributed by atoms with E-state index in [1.54, 1.807) is 0 Å². The van der Waals surface area contributed by atoms with E-state index in [9.17, 15) is 4.79 Å². The number of hydrogen-bond donors (Lipinski definition) is 1. The van der Waals surface area contributed by atoms with Gasteiger partial charge in [0.2, 0.25) is 5.69 Å². The first-order chi connectivity index (χ1) is 11.7. The average Bonchev–Trinajstić information content (AvgIpc) is 2.75. The second-order valence-electron chi connectivity index (χ2n) is 6.88. The van der Waals surface area contributed by atoms with Gasteiger partial charge in [-0.2, -0.15) is 0 Å². The van der Waals surface area contributed by atoms with Gasteiger partial charge in [0.1, 0.15) is 0 Å². The molecule has 0 spiro atoms. The van der Waals surface area contributed by atoms with E-state index in [4.69, 9.17) is 12.6 Å². The molecule has 5 nitrogen and oxygen atoms in total. The van der Waals surface area contributed by atoms with Crippen LogP contribution < -0.4 is 4.99 Å². The highest BCUT2D eigenvalue weighted by Gasteiger charge is 2.42. The van der Waals surface area contributed by atoms with Crippen LogP contribution in [0.1, 0.15) is 81.8 Å². The Morgan fingerprint density at radius 2 is 1.72 bits per heavy atom. The van der Waals surface area contributed by atoms with Crippen molar-refractivity contribution in [3.63, 3.8) is 0 Å². The lowest BCUT2D eigenvalue weighted by atomic mass is 9.77. The third-order valence-corrected chi connectivity index (χ3v) is 4.74. The zero-order valence-corrected chi connectivity index (χ0v) is 16.5. The van der Waals surface area contributed by atoms with Crippen LogP contribution in [0.5, 0.6) is 0 Å². The number of fused-ring (bicyclic) bond motifs is 1. The summed E-state index contributed by atoms with van der Waals surface area (Å²) in [7, 11) is -3.11. The maximum Gasteiger partial charge on any atom is 0.425 e. The molecule has 138 valence electrons. The summed E-state index contributed by atoms with van der Waals surface area (Å²) in [6, 6.07) is 4.21. The van der Waals surface area contributed by atoms with Crippen molar-refractivity contribution in [2.75, 3.05) is 0 Å². The first-order valence-corrected chi connectivity index (χ1v) is 9.74. The Labute approximate surface area is 151 Å². The summed E-state index contributed by atoms with van der Waals surface area (Å²) in [6.07, 6.45) is 5.00. The van der Waals surface area contributed by atoms with E-state index >= 15 is 0 Å². The molecule has 0 radical (unpaired) electrons. The normalized spacial score (nSPS) is 14.2. The van der Waals surface area contributed by atoms with Gasteiger partial charge >= 0.3 is 10.6 Å². The highest BCUT2D eigenvalue weighted by Crippen LogP contribution is 2.37. The second-order valence-corrected chi connectivity index (χ2v) is 7.29. The van der Waals surface area contributed by atoms with Crippen LogP contribution in [0.2, 0.25) is 0 Å². The van der Waals surface area contributed by atoms with Gasteiger partial charge in [-0.3, -0.25) is 4.79 Å². The van der Waals surface area contributed by atoms with Gasteiger partial charge in [0.25, 0.3) is 0 Å². The summed E-state index contributed by atoms with van der Waals surface area (Å²) < 4.78 is 25.3. The van der Waals surface area contributed by atoms with Gasteiger partial charge in [0, 0.05) is 24.5 Å². The summed E-state index contributed by atoms with van der Waals surface area (Å²) in [5.74, 6) is 0.278. The van der Waals surface area contributed by atoms with Crippen LogP contribution in [0.4, 0.5) is 5.69 Å². The fourth-order valence-electron chi connectivity index (χ4n) is 3.14. The van der Waals surface area contributed by atoms with Crippen LogP contribution in [0, 0.1) is 0 Å². The van der Waals surface area contributed by atoms with E-state index in [1.807, 2.05) is 0 Å². The number of nitrogens with one attached hydrogen (secondary N) is 1. The first kappa shape index (κ1) is 21.2. The van der Waals surface area contributed by atoms with Gasteiger partial charge in [0.15, 0.2) is 11.5 Å². The smallest absolute Gasteiger partial charge is 0.294 e. The Hall–Kier alpha value is -1.82. The molecule has 1 N–H and O–H groups in total. The molecule has 1 aliphatic rings. The van der Waals surface area contributed by atoms with Crippen LogP contribution in [0.25, 0.3) is 0 Å². The largest absolute Gasteiger partial charge is 0.425 e. The number of aryl methyl sites for hydroxylation is 1. The van der Waals surface area contributed by atoms with E-state index in [2.05, 4.69) is 51.7 Å². The zero-order valence-electron chi connectivity index (χ0n) is 15.7. The summed E-state index contributed by atoms with van der Waals surface area (Å²) in [4.78, 5) is 16.1. The lowest BCUT2D eigenvalue weighted by molar-refractivity contribution is -0.352. The Bertz CT molecular complexity index is 770. The molecule has 1 aliphatic heterocycles. The molecule has 0 atom stereocenters. The van der Waals surface area contributed by atoms with Gasteiger partial charge in [-0.15, -0.1) is 12.6 Å². The van der Waals surface area contributed by atoms with Crippen molar-refractivity contribution in [2.45, 2.75) is 72.1 Å². The van der Waals surface area contributed by atoms with E-state index in [0.29, 0.717) is 6.42 Å². The molecular weight excluding hydrogens is 338 g/mol. The van der Waals surface area contributed by atoms with Crippen LogP contribution in [0.15, 0.2) is 12.1 Å². The molecule has 0 fully saturated rings. The number of carbonyl (C=O) groups excluding carboxylic acids is 1. The number of Topliss-reactive ketones (excluding diaryl/α,β-unsaturated/α-hetero) is 1. The van der Waals surface area contributed by atoms with E-state index in [0.717, 1.165) is 18.4 Å². The first-order valence-electron chi connectivity index (χ1n) is 8.74. The fourth-order valence-corrected chi connectivity index (χ4v) is 3.14. The van der Waals surface area contributed by atoms with Crippen LogP contribution in [-0.2, 0) is 22.4 Å². The molecular formula is C19H28NO4S+. The lowest BCUT2D eigenvalue weighted by Crippen LogP contribution is -2.65. The van der Waals surface area contributed by atoms with Gasteiger partial charge in [-0.1, -0.05) is 32.4 Å². The molecule has 0 aromatic heterocycles. The number of rotatable bonds is 6. The molecule has 1 aromatic rings. The maximum absolute atomic E-state index is 12.5. The SMILES string of the molecule is CCCCc1ccc(C(=O)CCC)c2c1[NH+]=C(C)C2(C)C.O=S(=O)=O. The van der Waals surface area contributed by atoms with Crippen molar-refractivity contribution in [3.05, 3.63) is 28.8 Å². The van der Waals surface area contributed by atoms with Crippen molar-refractivity contribution < 1.29 is 22.4 Å². The fraction of sp³-hybridized carbons (Fsp3) is 0.579. The van der Waals surface area contributed by atoms with E-state index in [-0.39, 0.29) is 11.2 Å². The molecule has 1 heterocycles. The van der Waals surface area contributed by atoms with Crippen molar-refractivity contribution in [1.82, 2.24) is 0 Å². The van der Waals surface area contributed by atoms with Crippen LogP contribution in [-0.4, -0.2) is 24.1 Å². The Kier molecular flexibility index (Phi) is 7.67. The van der Waals surface area contributed by atoms with Gasteiger partial charge in [-0.25, -0.2) is 4.99 Å². The number of carbonyl (C=O) groups is 1. The second kappa shape index (κ2) is 9.04. The Balaban J connectivity index is 0.000000705. The summed E-state index contributed by atoms with van der Waals surface area (Å²) in [5, 5.41) is 0. The summed E-state index contributed by atoms with van der Waals surface area (Å²) >= 11 is 0. The molecule has 1 aromatic carbocycles. The molecule has 2 rings (SSSR count). The van der Waals surface area contributed by atoms with E-state index in [1.165, 1.54) is 35.4 Å². The number of ketones is 1. The number of hydrogen-bond acceptors (Lipinski definition) is 4. The molecule has 0 amide bonds. The van der Waals surface area contributed by atoms with Crippen molar-refractivity contribution in [1.29, 1.82) is 0 Å². The molecule has 25 heavy (non-hydrogen) atoms. The topological polar surface area (TPSA) is 82.2 Å². The van der Waals surface area contributed by atoms with Crippen molar-refractivity contribution in [2.24, 2.45) is 0 Å². The minimum atomic E-state index is -3.11. The molecule has 0 saturated heterocycles.